The normalized spacial score (nSPS) is 11.1. The van der Waals surface area contributed by atoms with Crippen LogP contribution in [0.3, 0.4) is 0 Å². The number of hydrazone groups is 1. The number of nitrogens with one attached hydrogen (secondary N) is 1. The molecule has 2 aromatic carbocycles. The fraction of sp³-hybridized carbons (Fsp3) is 0.0526. The van der Waals surface area contributed by atoms with Crippen molar-refractivity contribution in [1.82, 2.24) is 30.7 Å². The molecule has 35 heavy (non-hydrogen) atoms. The highest BCUT2D eigenvalue weighted by atomic mass is 35.5. The molecule has 0 aliphatic carbocycles. The van der Waals surface area contributed by atoms with Crippen molar-refractivity contribution in [2.75, 3.05) is 12.8 Å². The van der Waals surface area contributed by atoms with Crippen molar-refractivity contribution < 1.29 is 19.1 Å². The number of hydrogen-bond donors (Lipinski definition) is 2. The summed E-state index contributed by atoms with van der Waals surface area (Å²) >= 11 is 12.1. The molecule has 0 radical (unpaired) electrons. The van der Waals surface area contributed by atoms with Gasteiger partial charge in [0, 0.05) is 28.3 Å². The van der Waals surface area contributed by atoms with Gasteiger partial charge in [0.05, 0.1) is 23.3 Å². The van der Waals surface area contributed by atoms with E-state index in [1.165, 1.54) is 49.7 Å². The molecule has 3 N–H and O–H groups in total. The quantitative estimate of drug-likeness (QED) is 0.209. The van der Waals surface area contributed by atoms with Crippen LogP contribution in [0.2, 0.25) is 10.0 Å². The topological polar surface area (TPSA) is 189 Å². The number of hydrogen-bond acceptors (Lipinski definition) is 11. The average Bonchev–Trinajstić information content (AvgIpc) is 3.44. The smallest absolute Gasteiger partial charge is 0.294 e. The van der Waals surface area contributed by atoms with Crippen molar-refractivity contribution in [2.24, 2.45) is 5.10 Å². The molecule has 4 aromatic rings. The third kappa shape index (κ3) is 4.73. The Labute approximate surface area is 205 Å². The Balaban J connectivity index is 1.73. The second-order valence-electron chi connectivity index (χ2n) is 6.69. The van der Waals surface area contributed by atoms with Crippen LogP contribution in [0.25, 0.3) is 17.1 Å². The van der Waals surface area contributed by atoms with Gasteiger partial charge < -0.3 is 10.5 Å². The summed E-state index contributed by atoms with van der Waals surface area (Å²) in [5.41, 5.74) is 8.26. The molecule has 0 saturated heterocycles. The van der Waals surface area contributed by atoms with Crippen LogP contribution in [0.5, 0.6) is 5.75 Å². The number of nitro benzene ring substituents is 1. The van der Waals surface area contributed by atoms with Crippen LogP contribution in [0.15, 0.2) is 46.1 Å². The van der Waals surface area contributed by atoms with Gasteiger partial charge >= 0.3 is 0 Å². The fourth-order valence-electron chi connectivity index (χ4n) is 3.05. The summed E-state index contributed by atoms with van der Waals surface area (Å²) in [6, 6.07) is 8.50. The number of nitro groups is 1. The van der Waals surface area contributed by atoms with Crippen molar-refractivity contribution in [1.29, 1.82) is 0 Å². The molecular weight excluding hydrogens is 505 g/mol. The van der Waals surface area contributed by atoms with Gasteiger partial charge in [-0.2, -0.15) is 9.78 Å². The Bertz CT molecular complexity index is 1470. The molecule has 14 nitrogen and oxygen atoms in total. The summed E-state index contributed by atoms with van der Waals surface area (Å²) in [5.74, 6) is -0.709. The third-order valence-corrected chi connectivity index (χ3v) is 5.02. The van der Waals surface area contributed by atoms with Crippen LogP contribution in [0, 0.1) is 10.1 Å². The monoisotopic (exact) mass is 517 g/mol. The number of halogens is 2. The number of amides is 1. The molecule has 0 bridgehead atoms. The maximum absolute atomic E-state index is 13.0. The van der Waals surface area contributed by atoms with E-state index in [1.54, 1.807) is 0 Å². The summed E-state index contributed by atoms with van der Waals surface area (Å²) in [7, 11) is 1.42. The summed E-state index contributed by atoms with van der Waals surface area (Å²) in [5, 5.41) is 30.7. The number of carbonyl (C=O) groups excluding carboxylic acids is 1. The minimum atomic E-state index is -0.795. The Morgan fingerprint density at radius 1 is 1.31 bits per heavy atom. The first-order valence-electron chi connectivity index (χ1n) is 9.45. The standard InChI is InChI=1S/C19H13Cl2N9O5/c1-34-16-10(5-11(20)7-13(16)21)8-23-25-19(31)14-15(9-3-2-4-12(6-9)30(32)33)29(28-24-14)18-17(22)26-35-27-18/h2-8H,1H3,(H2,22,26)(H,25,31). The lowest BCUT2D eigenvalue weighted by Gasteiger charge is -2.07. The molecule has 0 aliphatic rings. The lowest BCUT2D eigenvalue weighted by Crippen LogP contribution is -2.19. The second-order valence-corrected chi connectivity index (χ2v) is 7.53. The molecule has 0 aliphatic heterocycles. The number of nitrogens with two attached hydrogens (primary N) is 1. The summed E-state index contributed by atoms with van der Waals surface area (Å²) < 4.78 is 10.9. The summed E-state index contributed by atoms with van der Waals surface area (Å²) in [6.45, 7) is 0. The maximum atomic E-state index is 13.0. The lowest BCUT2D eigenvalue weighted by atomic mass is 10.1. The summed E-state index contributed by atoms with van der Waals surface area (Å²) in [6.07, 6.45) is 1.27. The molecule has 16 heteroatoms. The molecule has 2 aromatic heterocycles. The number of carbonyl (C=O) groups is 1. The van der Waals surface area contributed by atoms with Crippen LogP contribution in [0.4, 0.5) is 11.5 Å². The number of methoxy groups -OCH3 is 1. The SMILES string of the molecule is COc1c(Cl)cc(Cl)cc1C=NNC(=O)c1nnn(-c2nonc2N)c1-c1cccc([N+](=O)[O-])c1. The van der Waals surface area contributed by atoms with Crippen molar-refractivity contribution in [2.45, 2.75) is 0 Å². The lowest BCUT2D eigenvalue weighted by molar-refractivity contribution is -0.384. The Kier molecular flexibility index (Phi) is 6.57. The van der Waals surface area contributed by atoms with Gasteiger partial charge in [-0.25, -0.2) is 10.1 Å². The third-order valence-electron chi connectivity index (χ3n) is 4.52. The molecule has 4 rings (SSSR count). The first-order chi connectivity index (χ1) is 16.8. The van der Waals surface area contributed by atoms with Gasteiger partial charge in [-0.3, -0.25) is 14.9 Å². The molecule has 0 fully saturated rings. The van der Waals surface area contributed by atoms with Crippen molar-refractivity contribution in [3.63, 3.8) is 0 Å². The summed E-state index contributed by atoms with van der Waals surface area (Å²) in [4.78, 5) is 23.6. The highest BCUT2D eigenvalue weighted by Crippen LogP contribution is 2.31. The highest BCUT2D eigenvalue weighted by Gasteiger charge is 2.26. The zero-order valence-electron chi connectivity index (χ0n) is 17.5. The van der Waals surface area contributed by atoms with E-state index in [0.717, 1.165) is 4.68 Å². The van der Waals surface area contributed by atoms with Gasteiger partial charge in [-0.1, -0.05) is 40.5 Å². The Morgan fingerprint density at radius 3 is 2.80 bits per heavy atom. The predicted molar refractivity (Wildman–Crippen MR) is 124 cm³/mol. The van der Waals surface area contributed by atoms with Crippen LogP contribution in [-0.2, 0) is 0 Å². The number of nitrogen functional groups attached to an aromatic ring is 1. The van der Waals surface area contributed by atoms with Crippen LogP contribution in [0.1, 0.15) is 16.1 Å². The molecule has 2 heterocycles. The Morgan fingerprint density at radius 2 is 2.11 bits per heavy atom. The molecule has 0 saturated carbocycles. The van der Waals surface area contributed by atoms with Gasteiger partial charge in [0.2, 0.25) is 11.6 Å². The van der Waals surface area contributed by atoms with E-state index in [1.807, 2.05) is 0 Å². The minimum Gasteiger partial charge on any atom is -0.495 e. The van der Waals surface area contributed by atoms with E-state index in [0.29, 0.717) is 16.3 Å². The van der Waals surface area contributed by atoms with Gasteiger partial charge in [-0.15, -0.1) is 5.10 Å². The van der Waals surface area contributed by atoms with E-state index in [4.69, 9.17) is 33.7 Å². The van der Waals surface area contributed by atoms with Gasteiger partial charge in [0.25, 0.3) is 11.6 Å². The van der Waals surface area contributed by atoms with Crippen molar-refractivity contribution >= 4 is 46.8 Å². The maximum Gasteiger partial charge on any atom is 0.294 e. The van der Waals surface area contributed by atoms with E-state index in [2.05, 4.69) is 35.8 Å². The first kappa shape index (κ1) is 23.6. The molecule has 0 unspecified atom stereocenters. The van der Waals surface area contributed by atoms with Crippen LogP contribution >= 0.6 is 23.2 Å². The number of anilines is 1. The number of aromatic nitrogens is 5. The van der Waals surface area contributed by atoms with E-state index < -0.39 is 10.8 Å². The van der Waals surface area contributed by atoms with E-state index in [9.17, 15) is 14.9 Å². The van der Waals surface area contributed by atoms with Crippen LogP contribution < -0.4 is 15.9 Å². The zero-order valence-corrected chi connectivity index (χ0v) is 19.1. The van der Waals surface area contributed by atoms with Crippen molar-refractivity contribution in [3.8, 4) is 22.8 Å². The highest BCUT2D eigenvalue weighted by molar-refractivity contribution is 6.36. The van der Waals surface area contributed by atoms with Gasteiger partial charge in [0.15, 0.2) is 5.69 Å². The molecule has 1 amide bonds. The average molecular weight is 518 g/mol. The molecule has 0 atom stereocenters. The number of rotatable bonds is 7. The number of non-ortho nitro benzene ring substituents is 1. The van der Waals surface area contributed by atoms with Gasteiger partial charge in [-0.05, 0) is 22.4 Å². The molecular formula is C19H13Cl2N9O5. The first-order valence-corrected chi connectivity index (χ1v) is 10.2. The largest absolute Gasteiger partial charge is 0.495 e. The predicted octanol–water partition coefficient (Wildman–Crippen LogP) is 2.89. The Hall–Kier alpha value is -4.56. The number of ether oxygens (including phenoxy) is 1. The number of nitrogens with zero attached hydrogens (tertiary/aromatic N) is 7. The van der Waals surface area contributed by atoms with Crippen LogP contribution in [-0.4, -0.2) is 49.5 Å². The molecule has 0 spiro atoms. The van der Waals surface area contributed by atoms with Crippen molar-refractivity contribution in [3.05, 3.63) is 67.8 Å². The second kappa shape index (κ2) is 9.74. The van der Waals surface area contributed by atoms with E-state index >= 15 is 0 Å². The number of benzene rings is 2. The molecule has 178 valence electrons. The fourth-order valence-corrected chi connectivity index (χ4v) is 3.64. The minimum absolute atomic E-state index is 0.0344. The van der Waals surface area contributed by atoms with E-state index in [-0.39, 0.29) is 39.3 Å². The zero-order chi connectivity index (χ0) is 25.1. The van der Waals surface area contributed by atoms with Gasteiger partial charge in [0.1, 0.15) is 11.4 Å².